The van der Waals surface area contributed by atoms with Crippen molar-refractivity contribution in [3.05, 3.63) is 35.4 Å². The molecule has 1 aliphatic rings. The molecule has 1 heterocycles. The van der Waals surface area contributed by atoms with Crippen molar-refractivity contribution in [2.24, 2.45) is 4.99 Å². The third-order valence-corrected chi connectivity index (χ3v) is 5.90. The summed E-state index contributed by atoms with van der Waals surface area (Å²) in [5, 5.41) is 5.11. The first-order valence-electron chi connectivity index (χ1n) is 8.63. The lowest BCUT2D eigenvalue weighted by Gasteiger charge is -2.14. The predicted molar refractivity (Wildman–Crippen MR) is 109 cm³/mol. The molecule has 0 aromatic heterocycles. The van der Waals surface area contributed by atoms with E-state index in [1.165, 1.54) is 0 Å². The number of carbonyl (C=O) groups excluding carboxylic acids is 3. The molecule has 1 aromatic rings. The first kappa shape index (κ1) is 21.3. The predicted octanol–water partition coefficient (Wildman–Crippen LogP) is 1.82. The zero-order chi connectivity index (χ0) is 19.6. The van der Waals surface area contributed by atoms with Gasteiger partial charge in [0, 0.05) is 18.1 Å². The highest BCUT2D eigenvalue weighted by Crippen LogP contribution is 2.26. The van der Waals surface area contributed by atoms with Crippen molar-refractivity contribution in [2.45, 2.75) is 25.6 Å². The molecule has 1 atom stereocenters. The molecule has 0 bridgehead atoms. The van der Waals surface area contributed by atoms with E-state index in [0.717, 1.165) is 22.2 Å². The van der Waals surface area contributed by atoms with Gasteiger partial charge in [-0.3, -0.25) is 14.6 Å². The van der Waals surface area contributed by atoms with Crippen LogP contribution in [0.3, 0.4) is 0 Å². The summed E-state index contributed by atoms with van der Waals surface area (Å²) in [4.78, 5) is 40.3. The monoisotopic (exact) mass is 409 g/mol. The molecule has 9 heteroatoms. The molecule has 1 aromatic carbocycles. The highest BCUT2D eigenvalue weighted by Gasteiger charge is 2.18. The van der Waals surface area contributed by atoms with Crippen molar-refractivity contribution in [1.29, 1.82) is 0 Å². The van der Waals surface area contributed by atoms with E-state index in [4.69, 9.17) is 4.74 Å². The van der Waals surface area contributed by atoms with Crippen molar-refractivity contribution in [3.63, 3.8) is 0 Å². The van der Waals surface area contributed by atoms with Crippen LogP contribution < -0.4 is 10.6 Å². The number of likely N-dealkylation sites (N-methyl/N-ethyl adjacent to an activating group) is 1. The summed E-state index contributed by atoms with van der Waals surface area (Å²) >= 11 is 3.30. The lowest BCUT2D eigenvalue weighted by Crippen LogP contribution is -2.46. The number of thioether (sulfide) groups is 2. The number of benzene rings is 1. The second-order valence-electron chi connectivity index (χ2n) is 5.70. The smallest absolute Gasteiger partial charge is 0.338 e. The third kappa shape index (κ3) is 6.91. The maximum Gasteiger partial charge on any atom is 0.338 e. The fraction of sp³-hybridized carbons (Fsp3) is 0.444. The van der Waals surface area contributed by atoms with E-state index in [9.17, 15) is 14.4 Å². The van der Waals surface area contributed by atoms with Gasteiger partial charge in [0.2, 0.25) is 5.91 Å². The van der Waals surface area contributed by atoms with Gasteiger partial charge in [0.1, 0.15) is 10.4 Å². The van der Waals surface area contributed by atoms with Gasteiger partial charge in [-0.2, -0.15) is 0 Å². The van der Waals surface area contributed by atoms with E-state index < -0.39 is 24.5 Å². The van der Waals surface area contributed by atoms with Gasteiger partial charge >= 0.3 is 5.97 Å². The minimum Gasteiger partial charge on any atom is -0.452 e. The Balaban J connectivity index is 1.86. The molecule has 1 aliphatic heterocycles. The largest absolute Gasteiger partial charge is 0.452 e. The molecule has 27 heavy (non-hydrogen) atoms. The van der Waals surface area contributed by atoms with Gasteiger partial charge in [0.15, 0.2) is 6.61 Å². The number of amides is 2. The fourth-order valence-corrected chi connectivity index (χ4v) is 4.29. The Bertz CT molecular complexity index is 724. The second-order valence-corrected chi connectivity index (χ2v) is 8.01. The Morgan fingerprint density at radius 1 is 1.33 bits per heavy atom. The molecule has 0 spiro atoms. The van der Waals surface area contributed by atoms with Crippen LogP contribution in [0.25, 0.3) is 0 Å². The molecule has 0 unspecified atom stereocenters. The van der Waals surface area contributed by atoms with Crippen LogP contribution in [-0.2, 0) is 20.1 Å². The first-order chi connectivity index (χ1) is 13.0. The first-order valence-corrected chi connectivity index (χ1v) is 10.6. The average molecular weight is 410 g/mol. The lowest BCUT2D eigenvalue weighted by molar-refractivity contribution is -0.130. The average Bonchev–Trinajstić information content (AvgIpc) is 3.18. The van der Waals surface area contributed by atoms with Crippen LogP contribution >= 0.6 is 23.5 Å². The van der Waals surface area contributed by atoms with E-state index in [-0.39, 0.29) is 5.91 Å². The highest BCUT2D eigenvalue weighted by molar-refractivity contribution is 8.38. The summed E-state index contributed by atoms with van der Waals surface area (Å²) in [5.41, 5.74) is 1.26. The van der Waals surface area contributed by atoms with Crippen molar-refractivity contribution in [1.82, 2.24) is 10.6 Å². The zero-order valence-corrected chi connectivity index (χ0v) is 17.0. The van der Waals surface area contributed by atoms with Crippen LogP contribution in [0.4, 0.5) is 0 Å². The van der Waals surface area contributed by atoms with E-state index >= 15 is 0 Å². The number of ether oxygens (including phenoxy) is 1. The Labute approximate surface area is 167 Å². The lowest BCUT2D eigenvalue weighted by atomic mass is 10.1. The quantitative estimate of drug-likeness (QED) is 0.636. The van der Waals surface area contributed by atoms with E-state index in [1.807, 2.05) is 12.1 Å². The number of nitrogens with zero attached hydrogens (tertiary/aromatic N) is 1. The van der Waals surface area contributed by atoms with Gasteiger partial charge in [-0.25, -0.2) is 4.79 Å². The standard InChI is InChI=1S/C18H23N3O4S2/c1-3-19-16(23)12(2)21-15(22)10-25-17(24)14-7-5-4-6-13(14)11-27-18-20-8-9-26-18/h4-7,12H,3,8-11H2,1-2H3,(H,19,23)(H,21,22)/t12-/m1/s1. The van der Waals surface area contributed by atoms with E-state index in [0.29, 0.717) is 17.9 Å². The van der Waals surface area contributed by atoms with Gasteiger partial charge < -0.3 is 15.4 Å². The number of hydrogen-bond donors (Lipinski definition) is 2. The number of rotatable bonds is 8. The zero-order valence-electron chi connectivity index (χ0n) is 15.3. The number of aliphatic imine (C=N–C) groups is 1. The highest BCUT2D eigenvalue weighted by atomic mass is 32.2. The topological polar surface area (TPSA) is 96.9 Å². The Morgan fingerprint density at radius 3 is 2.81 bits per heavy atom. The van der Waals surface area contributed by atoms with Crippen LogP contribution in [0.5, 0.6) is 0 Å². The van der Waals surface area contributed by atoms with Crippen molar-refractivity contribution >= 4 is 45.7 Å². The summed E-state index contributed by atoms with van der Waals surface area (Å²) in [6.07, 6.45) is 0. The van der Waals surface area contributed by atoms with Gasteiger partial charge in [0.25, 0.3) is 5.91 Å². The Hall–Kier alpha value is -2.00. The maximum absolute atomic E-state index is 12.4. The summed E-state index contributed by atoms with van der Waals surface area (Å²) in [5.74, 6) is 0.235. The summed E-state index contributed by atoms with van der Waals surface area (Å²) in [7, 11) is 0. The molecular weight excluding hydrogens is 386 g/mol. The molecule has 2 amide bonds. The Morgan fingerprint density at radius 2 is 2.11 bits per heavy atom. The minimum atomic E-state index is -0.690. The van der Waals surface area contributed by atoms with Gasteiger partial charge in [-0.15, -0.1) is 0 Å². The number of hydrogen-bond acceptors (Lipinski definition) is 7. The SMILES string of the molecule is CCNC(=O)[C@@H](C)NC(=O)COC(=O)c1ccccc1CSC1=NCCS1. The van der Waals surface area contributed by atoms with Crippen LogP contribution in [0.1, 0.15) is 29.8 Å². The second kappa shape index (κ2) is 11.0. The molecule has 7 nitrogen and oxygen atoms in total. The normalized spacial score (nSPS) is 14.2. The van der Waals surface area contributed by atoms with E-state index in [1.54, 1.807) is 49.5 Å². The van der Waals surface area contributed by atoms with Crippen LogP contribution in [0.2, 0.25) is 0 Å². The van der Waals surface area contributed by atoms with Crippen molar-refractivity contribution in [2.75, 3.05) is 25.4 Å². The molecule has 0 fully saturated rings. The Kier molecular flexibility index (Phi) is 8.66. The molecule has 2 N–H and O–H groups in total. The van der Waals surface area contributed by atoms with Gasteiger partial charge in [0.05, 0.1) is 12.1 Å². The molecule has 0 radical (unpaired) electrons. The van der Waals surface area contributed by atoms with Crippen LogP contribution in [0, 0.1) is 0 Å². The summed E-state index contributed by atoms with van der Waals surface area (Å²) in [6, 6.07) is 6.46. The van der Waals surface area contributed by atoms with Crippen LogP contribution in [0.15, 0.2) is 29.3 Å². The van der Waals surface area contributed by atoms with Gasteiger partial charge in [-0.1, -0.05) is 41.7 Å². The maximum atomic E-state index is 12.4. The minimum absolute atomic E-state index is 0.285. The van der Waals surface area contributed by atoms with Gasteiger partial charge in [-0.05, 0) is 25.5 Å². The third-order valence-electron chi connectivity index (χ3n) is 3.60. The molecular formula is C18H23N3O4S2. The number of nitrogens with one attached hydrogen (secondary N) is 2. The van der Waals surface area contributed by atoms with Crippen LogP contribution in [-0.4, -0.2) is 53.7 Å². The fourth-order valence-electron chi connectivity index (χ4n) is 2.27. The molecule has 0 saturated carbocycles. The van der Waals surface area contributed by atoms with Crippen molar-refractivity contribution in [3.8, 4) is 0 Å². The molecule has 146 valence electrons. The molecule has 2 rings (SSSR count). The summed E-state index contributed by atoms with van der Waals surface area (Å²) in [6.45, 7) is 4.24. The molecule has 0 saturated heterocycles. The van der Waals surface area contributed by atoms with E-state index in [2.05, 4.69) is 15.6 Å². The number of carbonyl (C=O) groups is 3. The van der Waals surface area contributed by atoms with Crippen molar-refractivity contribution < 1.29 is 19.1 Å². The molecule has 0 aliphatic carbocycles. The summed E-state index contributed by atoms with van der Waals surface area (Å²) < 4.78 is 6.14. The number of esters is 1.